The van der Waals surface area contributed by atoms with Gasteiger partial charge in [0.15, 0.2) is 0 Å². The first-order valence-electron chi connectivity index (χ1n) is 6.09. The van der Waals surface area contributed by atoms with Gasteiger partial charge in [-0.1, -0.05) is 13.8 Å². The number of carboxylic acid groups (broad SMARTS) is 1. The number of amides is 1. The van der Waals surface area contributed by atoms with Crippen LogP contribution < -0.4 is 11.5 Å². The van der Waals surface area contributed by atoms with Gasteiger partial charge in [-0.2, -0.15) is 12.6 Å². The zero-order chi connectivity index (χ0) is 22.6. The number of aliphatic hydroxyl groups excluding tert-OH is 1. The predicted molar refractivity (Wildman–Crippen MR) is 110 cm³/mol. The van der Waals surface area contributed by atoms with Gasteiger partial charge in [-0.15, -0.1) is 0 Å². The third-order valence-corrected chi connectivity index (χ3v) is 0. The Bertz CT molecular complexity index is 154. The summed E-state index contributed by atoms with van der Waals surface area (Å²) >= 11 is 3.53. The van der Waals surface area contributed by atoms with E-state index >= 15 is 0 Å². The Labute approximate surface area is 157 Å². The second-order valence-corrected chi connectivity index (χ2v) is 1.50. The summed E-state index contributed by atoms with van der Waals surface area (Å²) in [6, 6.07) is 0. The van der Waals surface area contributed by atoms with Crippen molar-refractivity contribution in [1.82, 2.24) is 0 Å². The van der Waals surface area contributed by atoms with Gasteiger partial charge in [-0.05, 0) is 20.2 Å². The van der Waals surface area contributed by atoms with Crippen molar-refractivity contribution in [1.29, 1.82) is 0 Å². The number of nitrogens with two attached hydrogens (primary N) is 2. The molecule has 0 aliphatic rings. The molecule has 12 heteroatoms. The smallest absolute Gasteiger partial charge is 0.257 e. The Kier molecular flexibility index (Phi) is 476. The first kappa shape index (κ1) is 56.8. The molecular formula is C12H34B3N2O6S. The molecule has 0 fully saturated rings. The standard InChI is InChI=1S/C2H5NO.C2H4O2.C2H4O.C2H6.CH2B.CH5N.CH4O.CH4S.B2O/c2*1-2(3)4;1-2-3;5*1-2;1-3-2/h1H3,(H2,3,4);1H3,(H,3,4);2H,1H3;1-2H3;1H2;2H2,1H3;2*2H,1H3;. The van der Waals surface area contributed by atoms with E-state index < -0.39 is 5.97 Å². The van der Waals surface area contributed by atoms with E-state index in [-0.39, 0.29) is 5.91 Å². The van der Waals surface area contributed by atoms with Crippen molar-refractivity contribution < 1.29 is 29.2 Å². The minimum atomic E-state index is -0.833. The molecule has 6 N–H and O–H groups in total. The van der Waals surface area contributed by atoms with Crippen molar-refractivity contribution >= 4 is 60.8 Å². The molecule has 1 amide bonds. The molecule has 0 spiro atoms. The summed E-state index contributed by atoms with van der Waals surface area (Å²) in [6.07, 6.45) is 2.44. The number of aldehydes is 1. The fourth-order valence-electron chi connectivity index (χ4n) is 0. The van der Waals surface area contributed by atoms with Gasteiger partial charge < -0.3 is 31.0 Å². The first-order valence-corrected chi connectivity index (χ1v) is 6.98. The van der Waals surface area contributed by atoms with Crippen LogP contribution in [0.2, 0.25) is 0 Å². The van der Waals surface area contributed by atoms with Crippen LogP contribution in [0.4, 0.5) is 0 Å². The van der Waals surface area contributed by atoms with E-state index in [2.05, 4.69) is 58.7 Å². The molecule has 0 heterocycles. The van der Waals surface area contributed by atoms with Crippen LogP contribution in [0.25, 0.3) is 0 Å². The zero-order valence-corrected chi connectivity index (χ0v) is 17.0. The van der Waals surface area contributed by atoms with Crippen molar-refractivity contribution in [2.45, 2.75) is 34.6 Å². The fourth-order valence-corrected chi connectivity index (χ4v) is 0. The van der Waals surface area contributed by atoms with Crippen molar-refractivity contribution in [3.8, 4) is 0 Å². The number of carboxylic acids is 1. The summed E-state index contributed by atoms with van der Waals surface area (Å²) in [4.78, 5) is 27.0. The first-order chi connectivity index (χ1) is 11.3. The minimum absolute atomic E-state index is 0.333. The van der Waals surface area contributed by atoms with Crippen molar-refractivity contribution in [3.05, 3.63) is 0 Å². The van der Waals surface area contributed by atoms with E-state index in [1.165, 1.54) is 20.9 Å². The molecule has 0 bridgehead atoms. The number of thiol groups is 1. The van der Waals surface area contributed by atoms with Crippen LogP contribution in [0.3, 0.4) is 0 Å². The van der Waals surface area contributed by atoms with Gasteiger partial charge in [-0.3, -0.25) is 9.59 Å². The quantitative estimate of drug-likeness (QED) is 0.216. The van der Waals surface area contributed by atoms with Crippen LogP contribution >= 0.6 is 12.6 Å². The number of aliphatic hydroxyl groups is 1. The maximum Gasteiger partial charge on any atom is 0.257 e. The summed E-state index contributed by atoms with van der Waals surface area (Å²) in [5.41, 5.74) is 8.97. The monoisotopic (exact) mass is 367 g/mol. The van der Waals surface area contributed by atoms with Crippen molar-refractivity contribution in [2.24, 2.45) is 11.5 Å². The zero-order valence-electron chi connectivity index (χ0n) is 16.1. The molecule has 0 unspecified atom stereocenters. The molecule has 0 saturated heterocycles. The molecule has 0 aliphatic heterocycles. The number of carbonyl (C=O) groups is 3. The third-order valence-electron chi connectivity index (χ3n) is 0. The van der Waals surface area contributed by atoms with Crippen molar-refractivity contribution in [3.63, 3.8) is 0 Å². The number of rotatable bonds is 0. The maximum atomic E-state index is 9.22. The molecule has 0 aromatic heterocycles. The van der Waals surface area contributed by atoms with Gasteiger partial charge in [-0.25, -0.2) is 0 Å². The summed E-state index contributed by atoms with van der Waals surface area (Å²) in [5, 5.41) is 14.4. The maximum absolute atomic E-state index is 9.22. The average Bonchev–Trinajstić information content (AvgIpc) is 2.57. The molecule has 0 saturated carbocycles. The topological polar surface area (TPSA) is 153 Å². The van der Waals surface area contributed by atoms with E-state index in [0.29, 0.717) is 0 Å². The molecule has 0 atom stereocenters. The SMILES string of the molecule is CC.CC(=O)O.CC(N)=O.CC=O.CN.CO.CS.[B]=C.[B]O[B]. The van der Waals surface area contributed by atoms with Gasteiger partial charge in [0.2, 0.25) is 5.91 Å². The van der Waals surface area contributed by atoms with Gasteiger partial charge in [0, 0.05) is 21.0 Å². The molecule has 8 nitrogen and oxygen atoms in total. The fraction of sp³-hybridized carbons (Fsp3) is 0.667. The third kappa shape index (κ3) is 6910. The molecule has 143 valence electrons. The average molecular weight is 367 g/mol. The van der Waals surface area contributed by atoms with Gasteiger partial charge >= 0.3 is 14.0 Å². The molecule has 5 radical (unpaired) electrons. The summed E-state index contributed by atoms with van der Waals surface area (Å²) in [7, 11) is 15.0. The van der Waals surface area contributed by atoms with Crippen LogP contribution in [0.1, 0.15) is 34.6 Å². The number of primary amides is 1. The normalized spacial score (nSPS) is 4.42. The Morgan fingerprint density at radius 2 is 1.08 bits per heavy atom. The second kappa shape index (κ2) is 201. The van der Waals surface area contributed by atoms with E-state index in [4.69, 9.17) is 19.8 Å². The largest absolute Gasteiger partial charge is 0.514 e. The van der Waals surface area contributed by atoms with E-state index in [1.807, 2.05) is 13.8 Å². The van der Waals surface area contributed by atoms with E-state index in [0.717, 1.165) is 20.3 Å². The number of aliphatic carboxylic acids is 1. The molecule has 0 rings (SSSR count). The van der Waals surface area contributed by atoms with Crippen LogP contribution in [0.15, 0.2) is 0 Å². The van der Waals surface area contributed by atoms with Gasteiger partial charge in [0.05, 0.1) is 0 Å². The Balaban J connectivity index is -0.0000000154. The van der Waals surface area contributed by atoms with E-state index in [9.17, 15) is 4.79 Å². The Hall–Kier alpha value is -1.10. The molecule has 24 heavy (non-hydrogen) atoms. The number of hydrogen-bond acceptors (Lipinski definition) is 7. The molecule has 0 aliphatic carbocycles. The summed E-state index contributed by atoms with van der Waals surface area (Å²) in [5.74, 6) is -1.17. The number of hydrogen-bond donors (Lipinski definition) is 5. The van der Waals surface area contributed by atoms with Crippen molar-refractivity contribution in [2.75, 3.05) is 20.4 Å². The summed E-state index contributed by atoms with van der Waals surface area (Å²) < 4.78 is 3.25. The Morgan fingerprint density at radius 3 is 1.08 bits per heavy atom. The van der Waals surface area contributed by atoms with Crippen LogP contribution in [0.5, 0.6) is 0 Å². The molecule has 0 aromatic carbocycles. The molecule has 0 aromatic rings. The van der Waals surface area contributed by atoms with Crippen LogP contribution in [-0.4, -0.2) is 78.8 Å². The Morgan fingerprint density at radius 1 is 1.08 bits per heavy atom. The minimum Gasteiger partial charge on any atom is -0.514 e. The van der Waals surface area contributed by atoms with Gasteiger partial charge in [0.1, 0.15) is 6.29 Å². The van der Waals surface area contributed by atoms with Gasteiger partial charge in [0.25, 0.3) is 22.1 Å². The van der Waals surface area contributed by atoms with Crippen LogP contribution in [-0.2, 0) is 19.0 Å². The predicted octanol–water partition coefficient (Wildman–Crippen LogP) is -0.700. The summed E-state index contributed by atoms with van der Waals surface area (Å²) in [6.45, 7) is 10.6. The molecular weight excluding hydrogens is 333 g/mol. The second-order valence-electron chi connectivity index (χ2n) is 1.50. The van der Waals surface area contributed by atoms with Crippen LogP contribution in [0, 0.1) is 0 Å². The number of carbonyl (C=O) groups excluding carboxylic acids is 2. The van der Waals surface area contributed by atoms with E-state index in [1.54, 1.807) is 6.26 Å².